The van der Waals surface area contributed by atoms with E-state index in [-0.39, 0.29) is 24.1 Å². The fourth-order valence-corrected chi connectivity index (χ4v) is 3.45. The van der Waals surface area contributed by atoms with Gasteiger partial charge in [-0.25, -0.2) is 13.8 Å². The molecule has 0 aliphatic heterocycles. The van der Waals surface area contributed by atoms with Crippen LogP contribution >= 0.6 is 11.3 Å². The molecule has 0 radical (unpaired) electrons. The van der Waals surface area contributed by atoms with Gasteiger partial charge in [0.1, 0.15) is 28.9 Å². The zero-order chi connectivity index (χ0) is 21.8. The topological polar surface area (TPSA) is 51.7 Å². The molecule has 0 N–H and O–H groups in total. The molecule has 0 aliphatic rings. The SMILES string of the molecule is COc1cc(-c2nc(C(=O)N(C)C(C)C)cs2)ccc1OCc1c(F)cccc1F. The van der Waals surface area contributed by atoms with Crippen LogP contribution in [-0.2, 0) is 6.61 Å². The Morgan fingerprint density at radius 1 is 1.17 bits per heavy atom. The number of hydrogen-bond acceptors (Lipinski definition) is 5. The quantitative estimate of drug-likeness (QED) is 0.518. The smallest absolute Gasteiger partial charge is 0.273 e. The number of carbonyl (C=O) groups excluding carboxylic acids is 1. The van der Waals surface area contributed by atoms with Crippen LogP contribution < -0.4 is 9.47 Å². The van der Waals surface area contributed by atoms with Crippen molar-refractivity contribution in [1.82, 2.24) is 9.88 Å². The molecule has 0 spiro atoms. The van der Waals surface area contributed by atoms with Gasteiger partial charge < -0.3 is 14.4 Å². The molecule has 0 saturated heterocycles. The second-order valence-electron chi connectivity index (χ2n) is 6.90. The van der Waals surface area contributed by atoms with E-state index in [0.29, 0.717) is 22.2 Å². The minimum absolute atomic E-state index is 0.0680. The maximum atomic E-state index is 13.8. The standard InChI is InChI=1S/C22H22F2N2O3S/c1-13(2)26(3)22(27)18-12-30-21(25-18)14-8-9-19(20(10-14)28-4)29-11-15-16(23)6-5-7-17(15)24/h5-10,12-13H,11H2,1-4H3. The van der Waals surface area contributed by atoms with Crippen LogP contribution in [0.3, 0.4) is 0 Å². The van der Waals surface area contributed by atoms with E-state index < -0.39 is 11.6 Å². The second kappa shape index (κ2) is 9.21. The molecule has 1 amide bonds. The third-order valence-electron chi connectivity index (χ3n) is 4.66. The predicted molar refractivity (Wildman–Crippen MR) is 112 cm³/mol. The molecule has 0 fully saturated rings. The summed E-state index contributed by atoms with van der Waals surface area (Å²) in [4.78, 5) is 18.5. The minimum atomic E-state index is -0.670. The lowest BCUT2D eigenvalue weighted by Crippen LogP contribution is -2.33. The summed E-state index contributed by atoms with van der Waals surface area (Å²) in [5.41, 5.74) is 0.967. The van der Waals surface area contributed by atoms with Gasteiger partial charge in [-0.05, 0) is 44.2 Å². The Morgan fingerprint density at radius 2 is 1.87 bits per heavy atom. The molecule has 0 bridgehead atoms. The summed E-state index contributed by atoms with van der Waals surface area (Å²) < 4.78 is 38.6. The third kappa shape index (κ3) is 4.59. The van der Waals surface area contributed by atoms with E-state index in [1.807, 2.05) is 13.8 Å². The molecule has 30 heavy (non-hydrogen) atoms. The fourth-order valence-electron chi connectivity index (χ4n) is 2.66. The summed E-state index contributed by atoms with van der Waals surface area (Å²) in [5, 5.41) is 2.37. The lowest BCUT2D eigenvalue weighted by atomic mass is 10.2. The van der Waals surface area contributed by atoms with Crippen molar-refractivity contribution in [2.24, 2.45) is 0 Å². The van der Waals surface area contributed by atoms with E-state index >= 15 is 0 Å². The first-order valence-corrected chi connectivity index (χ1v) is 10.2. The van der Waals surface area contributed by atoms with Gasteiger partial charge in [-0.3, -0.25) is 4.79 Å². The van der Waals surface area contributed by atoms with E-state index in [2.05, 4.69) is 4.98 Å². The molecular weight excluding hydrogens is 410 g/mol. The van der Waals surface area contributed by atoms with Gasteiger partial charge in [0.05, 0.1) is 12.7 Å². The van der Waals surface area contributed by atoms with Crippen LogP contribution in [0.4, 0.5) is 8.78 Å². The van der Waals surface area contributed by atoms with E-state index in [4.69, 9.17) is 9.47 Å². The molecular formula is C22H22F2N2O3S. The number of ether oxygens (including phenoxy) is 2. The number of halogens is 2. The second-order valence-corrected chi connectivity index (χ2v) is 7.76. The van der Waals surface area contributed by atoms with E-state index in [9.17, 15) is 13.6 Å². The van der Waals surface area contributed by atoms with Gasteiger partial charge in [0.2, 0.25) is 0 Å². The predicted octanol–water partition coefficient (Wildman–Crippen LogP) is 5.16. The van der Waals surface area contributed by atoms with Gasteiger partial charge in [0.25, 0.3) is 5.91 Å². The molecule has 0 saturated carbocycles. The summed E-state index contributed by atoms with van der Waals surface area (Å²) in [6.07, 6.45) is 0. The zero-order valence-corrected chi connectivity index (χ0v) is 17.9. The molecule has 158 valence electrons. The Hall–Kier alpha value is -3.00. The van der Waals surface area contributed by atoms with Gasteiger partial charge in [0, 0.05) is 24.0 Å². The highest BCUT2D eigenvalue weighted by Gasteiger charge is 2.19. The summed E-state index contributed by atoms with van der Waals surface area (Å²) in [5.74, 6) is -0.747. The summed E-state index contributed by atoms with van der Waals surface area (Å²) in [7, 11) is 3.21. The van der Waals surface area contributed by atoms with Crippen molar-refractivity contribution in [3.63, 3.8) is 0 Å². The normalized spacial score (nSPS) is 10.9. The average Bonchev–Trinajstić information content (AvgIpc) is 3.22. The Labute approximate surface area is 177 Å². The van der Waals surface area contributed by atoms with E-state index in [0.717, 1.165) is 5.56 Å². The number of aromatic nitrogens is 1. The minimum Gasteiger partial charge on any atom is -0.493 e. The number of hydrogen-bond donors (Lipinski definition) is 0. The highest BCUT2D eigenvalue weighted by Crippen LogP contribution is 2.34. The zero-order valence-electron chi connectivity index (χ0n) is 17.1. The highest BCUT2D eigenvalue weighted by molar-refractivity contribution is 7.13. The molecule has 2 aromatic carbocycles. The lowest BCUT2D eigenvalue weighted by Gasteiger charge is -2.20. The summed E-state index contributed by atoms with van der Waals surface area (Å²) >= 11 is 1.35. The average molecular weight is 432 g/mol. The van der Waals surface area contributed by atoms with Gasteiger partial charge in [0.15, 0.2) is 11.5 Å². The molecule has 0 unspecified atom stereocenters. The van der Waals surface area contributed by atoms with Crippen LogP contribution in [0.15, 0.2) is 41.8 Å². The first kappa shape index (κ1) is 21.7. The first-order chi connectivity index (χ1) is 14.3. The first-order valence-electron chi connectivity index (χ1n) is 9.28. The Morgan fingerprint density at radius 3 is 2.50 bits per heavy atom. The van der Waals surface area contributed by atoms with Crippen LogP contribution in [0.2, 0.25) is 0 Å². The third-order valence-corrected chi connectivity index (χ3v) is 5.55. The van der Waals surface area contributed by atoms with Crippen molar-refractivity contribution >= 4 is 17.2 Å². The highest BCUT2D eigenvalue weighted by atomic mass is 32.1. The van der Waals surface area contributed by atoms with Crippen LogP contribution in [-0.4, -0.2) is 36.0 Å². The van der Waals surface area contributed by atoms with Crippen LogP contribution in [0, 0.1) is 11.6 Å². The summed E-state index contributed by atoms with van der Waals surface area (Å²) in [6, 6.07) is 8.85. The Bertz CT molecular complexity index is 1030. The number of amides is 1. The lowest BCUT2D eigenvalue weighted by molar-refractivity contribution is 0.0750. The fraction of sp³-hybridized carbons (Fsp3) is 0.273. The van der Waals surface area contributed by atoms with E-state index in [1.165, 1.54) is 36.6 Å². The van der Waals surface area contributed by atoms with Gasteiger partial charge >= 0.3 is 0 Å². The van der Waals surface area contributed by atoms with Crippen LogP contribution in [0.25, 0.3) is 10.6 Å². The van der Waals surface area contributed by atoms with Crippen LogP contribution in [0.5, 0.6) is 11.5 Å². The molecule has 3 aromatic rings. The number of methoxy groups -OCH3 is 1. The van der Waals surface area contributed by atoms with Gasteiger partial charge in [-0.15, -0.1) is 11.3 Å². The number of benzene rings is 2. The molecule has 0 atom stereocenters. The Balaban J connectivity index is 1.80. The van der Waals surface area contributed by atoms with Crippen molar-refractivity contribution in [1.29, 1.82) is 0 Å². The number of carbonyl (C=O) groups is 1. The van der Waals surface area contributed by atoms with Crippen molar-refractivity contribution in [3.8, 4) is 22.1 Å². The van der Waals surface area contributed by atoms with Crippen LogP contribution in [0.1, 0.15) is 29.9 Å². The molecule has 0 aliphatic carbocycles. The molecule has 8 heteroatoms. The number of nitrogens with zero attached hydrogens (tertiary/aromatic N) is 2. The van der Waals surface area contributed by atoms with Gasteiger partial charge in [-0.1, -0.05) is 6.07 Å². The molecule has 1 heterocycles. The Kier molecular flexibility index (Phi) is 6.66. The monoisotopic (exact) mass is 432 g/mol. The number of rotatable bonds is 7. The van der Waals surface area contributed by atoms with Crippen molar-refractivity contribution < 1.29 is 23.0 Å². The van der Waals surface area contributed by atoms with Crippen molar-refractivity contribution in [2.75, 3.05) is 14.2 Å². The largest absolute Gasteiger partial charge is 0.493 e. The maximum Gasteiger partial charge on any atom is 0.273 e. The number of thiazole rings is 1. The van der Waals surface area contributed by atoms with Crippen molar-refractivity contribution in [3.05, 3.63) is 64.7 Å². The summed E-state index contributed by atoms with van der Waals surface area (Å²) in [6.45, 7) is 3.59. The van der Waals surface area contributed by atoms with Gasteiger partial charge in [-0.2, -0.15) is 0 Å². The molecule has 1 aromatic heterocycles. The maximum absolute atomic E-state index is 13.8. The van der Waals surface area contributed by atoms with E-state index in [1.54, 1.807) is 35.5 Å². The molecule has 5 nitrogen and oxygen atoms in total. The molecule has 3 rings (SSSR count). The van der Waals surface area contributed by atoms with Crippen molar-refractivity contribution in [2.45, 2.75) is 26.5 Å².